The van der Waals surface area contributed by atoms with Crippen molar-refractivity contribution in [3.63, 3.8) is 0 Å². The monoisotopic (exact) mass is 142 g/mol. The molecule has 0 aromatic rings. The topological polar surface area (TPSA) is 35.5 Å². The van der Waals surface area contributed by atoms with Crippen molar-refractivity contribution in [2.24, 2.45) is 0 Å². The quantitative estimate of drug-likeness (QED) is 0.233. The molecule has 0 aromatic carbocycles. The number of hydrogen-bond donors (Lipinski definition) is 0. The fourth-order valence-electron chi connectivity index (χ4n) is 0.274. The number of ether oxygens (including phenoxy) is 2. The first kappa shape index (κ1) is 12.3. The smallest absolute Gasteiger partial charge is 1.00 e. The maximum Gasteiger partial charge on any atom is 1.00 e. The SMILES string of the molecule is COCCOCC=O.[H-].[Na+]. The van der Waals surface area contributed by atoms with Crippen LogP contribution in [-0.2, 0) is 14.3 Å². The maximum absolute atomic E-state index is 9.60. The van der Waals surface area contributed by atoms with E-state index in [0.29, 0.717) is 13.2 Å². The van der Waals surface area contributed by atoms with Crippen LogP contribution in [0.2, 0.25) is 0 Å². The van der Waals surface area contributed by atoms with Crippen molar-refractivity contribution in [3.05, 3.63) is 0 Å². The number of methoxy groups -OCH3 is 1. The summed E-state index contributed by atoms with van der Waals surface area (Å²) in [5.41, 5.74) is 0. The van der Waals surface area contributed by atoms with E-state index in [9.17, 15) is 4.79 Å². The second-order valence-electron chi connectivity index (χ2n) is 1.23. The number of hydrogen-bond acceptors (Lipinski definition) is 3. The van der Waals surface area contributed by atoms with Gasteiger partial charge in [-0.1, -0.05) is 0 Å². The van der Waals surface area contributed by atoms with Crippen LogP contribution < -0.4 is 29.6 Å². The van der Waals surface area contributed by atoms with Crippen LogP contribution in [0.4, 0.5) is 0 Å². The minimum Gasteiger partial charge on any atom is -1.00 e. The largest absolute Gasteiger partial charge is 1.00 e. The predicted molar refractivity (Wildman–Crippen MR) is 29.9 cm³/mol. The Labute approximate surface area is 78.5 Å². The standard InChI is InChI=1S/C5H10O3.Na.H/c1-7-4-5-8-3-2-6;;/h2H,3-5H2,1H3;;/q;+1;-1. The summed E-state index contributed by atoms with van der Waals surface area (Å²) in [5, 5.41) is 0. The van der Waals surface area contributed by atoms with Gasteiger partial charge in [0.1, 0.15) is 12.9 Å². The second-order valence-corrected chi connectivity index (χ2v) is 1.23. The van der Waals surface area contributed by atoms with Gasteiger partial charge in [0.2, 0.25) is 0 Å². The van der Waals surface area contributed by atoms with Crippen molar-refractivity contribution in [2.75, 3.05) is 26.9 Å². The summed E-state index contributed by atoms with van der Waals surface area (Å²) in [6.07, 6.45) is 0.718. The van der Waals surface area contributed by atoms with Gasteiger partial charge in [0.05, 0.1) is 13.2 Å². The first-order valence-corrected chi connectivity index (χ1v) is 2.42. The van der Waals surface area contributed by atoms with Crippen molar-refractivity contribution < 1.29 is 45.3 Å². The fraction of sp³-hybridized carbons (Fsp3) is 0.800. The molecule has 9 heavy (non-hydrogen) atoms. The van der Waals surface area contributed by atoms with Gasteiger partial charge < -0.3 is 15.7 Å². The Kier molecular flexibility index (Phi) is 15.6. The number of carbonyl (C=O) groups is 1. The van der Waals surface area contributed by atoms with Crippen LogP contribution in [0.5, 0.6) is 0 Å². The van der Waals surface area contributed by atoms with Crippen molar-refractivity contribution in [3.8, 4) is 0 Å². The van der Waals surface area contributed by atoms with Crippen molar-refractivity contribution in [1.82, 2.24) is 0 Å². The third-order valence-electron chi connectivity index (χ3n) is 0.618. The summed E-state index contributed by atoms with van der Waals surface area (Å²) in [7, 11) is 1.59. The molecule has 3 nitrogen and oxygen atoms in total. The van der Waals surface area contributed by atoms with E-state index in [1.165, 1.54) is 0 Å². The summed E-state index contributed by atoms with van der Waals surface area (Å²) in [5.74, 6) is 0. The van der Waals surface area contributed by atoms with E-state index in [4.69, 9.17) is 4.74 Å². The Hall–Kier alpha value is 0.590. The van der Waals surface area contributed by atoms with Gasteiger partial charge in [0, 0.05) is 7.11 Å². The zero-order valence-electron chi connectivity index (χ0n) is 6.92. The molecule has 0 radical (unpaired) electrons. The number of aldehydes is 1. The minimum atomic E-state index is 0. The summed E-state index contributed by atoms with van der Waals surface area (Å²) in [6, 6.07) is 0. The molecule has 50 valence electrons. The molecule has 0 heterocycles. The first-order chi connectivity index (χ1) is 3.91. The predicted octanol–water partition coefficient (Wildman–Crippen LogP) is -3.04. The molecule has 0 unspecified atom stereocenters. The molecule has 0 aromatic heterocycles. The van der Waals surface area contributed by atoms with Gasteiger partial charge >= 0.3 is 29.6 Å². The van der Waals surface area contributed by atoms with Crippen molar-refractivity contribution in [2.45, 2.75) is 0 Å². The minimum absolute atomic E-state index is 0. The molecule has 4 heteroatoms. The zero-order chi connectivity index (χ0) is 6.24. The summed E-state index contributed by atoms with van der Waals surface area (Å²) in [6.45, 7) is 1.21. The molecule has 0 aliphatic heterocycles. The Balaban J connectivity index is -0.000000245. The molecule has 0 aliphatic rings. The van der Waals surface area contributed by atoms with Gasteiger partial charge in [-0.15, -0.1) is 0 Å². The third-order valence-corrected chi connectivity index (χ3v) is 0.618. The van der Waals surface area contributed by atoms with Gasteiger partial charge in [0.25, 0.3) is 0 Å². The van der Waals surface area contributed by atoms with Crippen molar-refractivity contribution >= 4 is 6.29 Å². The molecule has 0 aliphatic carbocycles. The van der Waals surface area contributed by atoms with Crippen molar-refractivity contribution in [1.29, 1.82) is 0 Å². The normalized spacial score (nSPS) is 8.11. The van der Waals surface area contributed by atoms with Gasteiger partial charge in [0.15, 0.2) is 0 Å². The van der Waals surface area contributed by atoms with E-state index in [1.54, 1.807) is 7.11 Å². The number of rotatable bonds is 5. The maximum atomic E-state index is 9.60. The Morgan fingerprint density at radius 2 is 2.22 bits per heavy atom. The van der Waals surface area contributed by atoms with E-state index < -0.39 is 0 Å². The second kappa shape index (κ2) is 11.4. The summed E-state index contributed by atoms with van der Waals surface area (Å²) < 4.78 is 9.38. The zero-order valence-corrected chi connectivity index (χ0v) is 7.92. The van der Waals surface area contributed by atoms with E-state index >= 15 is 0 Å². The van der Waals surface area contributed by atoms with E-state index in [-0.39, 0.29) is 37.6 Å². The van der Waals surface area contributed by atoms with Crippen LogP contribution in [0.3, 0.4) is 0 Å². The number of carbonyl (C=O) groups excluding carboxylic acids is 1. The Morgan fingerprint density at radius 3 is 2.67 bits per heavy atom. The average molecular weight is 142 g/mol. The van der Waals surface area contributed by atoms with Crippen LogP contribution in [0.15, 0.2) is 0 Å². The van der Waals surface area contributed by atoms with Crippen LogP contribution in [0.1, 0.15) is 1.43 Å². The van der Waals surface area contributed by atoms with E-state index in [0.717, 1.165) is 6.29 Å². The first-order valence-electron chi connectivity index (χ1n) is 2.42. The molecule has 0 spiro atoms. The summed E-state index contributed by atoms with van der Waals surface area (Å²) >= 11 is 0. The Morgan fingerprint density at radius 1 is 1.56 bits per heavy atom. The van der Waals surface area contributed by atoms with E-state index in [2.05, 4.69) is 4.74 Å². The van der Waals surface area contributed by atoms with Gasteiger partial charge in [-0.3, -0.25) is 0 Å². The molecule has 0 fully saturated rings. The van der Waals surface area contributed by atoms with E-state index in [1.807, 2.05) is 0 Å². The van der Waals surface area contributed by atoms with Crippen LogP contribution in [0, 0.1) is 0 Å². The average Bonchev–Trinajstić information content (AvgIpc) is 1.81. The molecule has 0 atom stereocenters. The molecule has 0 saturated carbocycles. The molecule has 0 rings (SSSR count). The molecule has 0 bridgehead atoms. The summed E-state index contributed by atoms with van der Waals surface area (Å²) in [4.78, 5) is 9.60. The fourth-order valence-corrected chi connectivity index (χ4v) is 0.274. The molecule has 0 amide bonds. The van der Waals surface area contributed by atoms with Gasteiger partial charge in [-0.25, -0.2) is 0 Å². The van der Waals surface area contributed by atoms with Crippen LogP contribution >= 0.6 is 0 Å². The molecule has 0 N–H and O–H groups in total. The molecular weight excluding hydrogens is 131 g/mol. The Bertz CT molecular complexity index is 62.9. The van der Waals surface area contributed by atoms with Gasteiger partial charge in [-0.2, -0.15) is 0 Å². The van der Waals surface area contributed by atoms with Crippen LogP contribution in [0.25, 0.3) is 0 Å². The molecule has 0 saturated heterocycles. The third kappa shape index (κ3) is 11.9. The van der Waals surface area contributed by atoms with Crippen LogP contribution in [-0.4, -0.2) is 33.2 Å². The molecular formula is C5H11NaO3. The van der Waals surface area contributed by atoms with Gasteiger partial charge in [-0.05, 0) is 0 Å².